The van der Waals surface area contributed by atoms with E-state index in [0.29, 0.717) is 24.8 Å². The van der Waals surface area contributed by atoms with E-state index in [4.69, 9.17) is 9.15 Å². The number of hydrogen-bond donors (Lipinski definition) is 0. The number of pyridine rings is 1. The first-order valence-corrected chi connectivity index (χ1v) is 6.91. The van der Waals surface area contributed by atoms with Gasteiger partial charge in [0.15, 0.2) is 17.4 Å². The van der Waals surface area contributed by atoms with Gasteiger partial charge >= 0.3 is 0 Å². The maximum atomic E-state index is 5.42. The van der Waals surface area contributed by atoms with Crippen LogP contribution < -0.4 is 4.90 Å². The smallest absolute Gasteiger partial charge is 0.198 e. The number of nitrogens with zero attached hydrogens (tertiary/aromatic N) is 4. The van der Waals surface area contributed by atoms with E-state index in [0.717, 1.165) is 29.9 Å². The molecule has 3 aromatic heterocycles. The number of morpholine rings is 1. The Bertz CT molecular complexity index is 751. The predicted octanol–water partition coefficient (Wildman–Crippen LogP) is 2.12. The Labute approximate surface area is 121 Å². The SMILES string of the molecule is c1coc(-c2nc(N3CCOCC3)c3ncccc3n2)c1. The minimum Gasteiger partial charge on any atom is -0.461 e. The Morgan fingerprint density at radius 1 is 1.05 bits per heavy atom. The van der Waals surface area contributed by atoms with Crippen molar-refractivity contribution in [3.8, 4) is 11.6 Å². The minimum absolute atomic E-state index is 0.585. The summed E-state index contributed by atoms with van der Waals surface area (Å²) in [4.78, 5) is 15.8. The number of hydrogen-bond acceptors (Lipinski definition) is 6. The van der Waals surface area contributed by atoms with Crippen molar-refractivity contribution in [2.45, 2.75) is 0 Å². The summed E-state index contributed by atoms with van der Waals surface area (Å²) in [7, 11) is 0. The first kappa shape index (κ1) is 12.3. The number of furan rings is 1. The lowest BCUT2D eigenvalue weighted by Crippen LogP contribution is -2.37. The van der Waals surface area contributed by atoms with Gasteiger partial charge in [0, 0.05) is 19.3 Å². The Morgan fingerprint density at radius 3 is 2.76 bits per heavy atom. The van der Waals surface area contributed by atoms with Crippen molar-refractivity contribution < 1.29 is 9.15 Å². The number of aromatic nitrogens is 3. The number of fused-ring (bicyclic) bond motifs is 1. The summed E-state index contributed by atoms with van der Waals surface area (Å²) in [5.41, 5.74) is 1.63. The van der Waals surface area contributed by atoms with Crippen LogP contribution >= 0.6 is 0 Å². The van der Waals surface area contributed by atoms with Crippen molar-refractivity contribution in [2.24, 2.45) is 0 Å². The minimum atomic E-state index is 0.585. The number of anilines is 1. The van der Waals surface area contributed by atoms with Crippen LogP contribution in [0.1, 0.15) is 0 Å². The highest BCUT2D eigenvalue weighted by atomic mass is 16.5. The maximum absolute atomic E-state index is 5.42. The average Bonchev–Trinajstić information content (AvgIpc) is 3.09. The van der Waals surface area contributed by atoms with Gasteiger partial charge in [-0.1, -0.05) is 0 Å². The second-order valence-corrected chi connectivity index (χ2v) is 4.82. The summed E-state index contributed by atoms with van der Waals surface area (Å²) < 4.78 is 10.8. The molecule has 1 aliphatic heterocycles. The third kappa shape index (κ3) is 2.23. The summed E-state index contributed by atoms with van der Waals surface area (Å²) in [5.74, 6) is 2.09. The van der Waals surface area contributed by atoms with Crippen LogP contribution in [0.15, 0.2) is 41.1 Å². The summed E-state index contributed by atoms with van der Waals surface area (Å²) in [6, 6.07) is 7.52. The van der Waals surface area contributed by atoms with Gasteiger partial charge < -0.3 is 14.1 Å². The van der Waals surface area contributed by atoms with Crippen LogP contribution in [0.5, 0.6) is 0 Å². The van der Waals surface area contributed by atoms with Crippen LogP contribution in [0.2, 0.25) is 0 Å². The fraction of sp³-hybridized carbons (Fsp3) is 0.267. The fourth-order valence-electron chi connectivity index (χ4n) is 2.46. The largest absolute Gasteiger partial charge is 0.461 e. The zero-order chi connectivity index (χ0) is 14.1. The molecular formula is C15H14N4O2. The Balaban J connectivity index is 1.90. The van der Waals surface area contributed by atoms with Gasteiger partial charge in [0.25, 0.3) is 0 Å². The standard InChI is InChI=1S/C15H14N4O2/c1-3-11-13(16-5-1)15(19-6-9-20-10-7-19)18-14(17-11)12-4-2-8-21-12/h1-5,8H,6-7,9-10H2. The third-order valence-electron chi connectivity index (χ3n) is 3.49. The summed E-state index contributed by atoms with van der Waals surface area (Å²) in [6.45, 7) is 3.02. The maximum Gasteiger partial charge on any atom is 0.198 e. The van der Waals surface area contributed by atoms with Crippen LogP contribution in [-0.2, 0) is 4.74 Å². The van der Waals surface area contributed by atoms with Gasteiger partial charge in [0.2, 0.25) is 0 Å². The Kier molecular flexibility index (Phi) is 3.01. The normalized spacial score (nSPS) is 15.5. The van der Waals surface area contributed by atoms with E-state index < -0.39 is 0 Å². The molecule has 0 amide bonds. The van der Waals surface area contributed by atoms with E-state index in [2.05, 4.69) is 19.9 Å². The van der Waals surface area contributed by atoms with Crippen LogP contribution in [-0.4, -0.2) is 41.3 Å². The van der Waals surface area contributed by atoms with E-state index in [1.54, 1.807) is 12.5 Å². The van der Waals surface area contributed by atoms with Gasteiger partial charge in [-0.05, 0) is 24.3 Å². The molecule has 4 rings (SSSR count). The van der Waals surface area contributed by atoms with E-state index in [1.165, 1.54) is 0 Å². The lowest BCUT2D eigenvalue weighted by atomic mass is 10.3. The van der Waals surface area contributed by atoms with Crippen molar-refractivity contribution in [3.63, 3.8) is 0 Å². The lowest BCUT2D eigenvalue weighted by molar-refractivity contribution is 0.122. The summed E-state index contributed by atoms with van der Waals surface area (Å²) in [6.07, 6.45) is 3.39. The van der Waals surface area contributed by atoms with Gasteiger partial charge in [-0.3, -0.25) is 4.98 Å². The summed E-state index contributed by atoms with van der Waals surface area (Å²) in [5, 5.41) is 0. The molecule has 21 heavy (non-hydrogen) atoms. The molecule has 1 aliphatic rings. The van der Waals surface area contributed by atoms with Crippen molar-refractivity contribution in [1.82, 2.24) is 15.0 Å². The van der Waals surface area contributed by atoms with Crippen molar-refractivity contribution in [3.05, 3.63) is 36.7 Å². The predicted molar refractivity (Wildman–Crippen MR) is 78.1 cm³/mol. The van der Waals surface area contributed by atoms with E-state index in [9.17, 15) is 0 Å². The van der Waals surface area contributed by atoms with Gasteiger partial charge in [0.1, 0.15) is 5.52 Å². The molecule has 6 nitrogen and oxygen atoms in total. The molecule has 0 aromatic carbocycles. The van der Waals surface area contributed by atoms with E-state index >= 15 is 0 Å². The van der Waals surface area contributed by atoms with Crippen molar-refractivity contribution >= 4 is 16.9 Å². The molecule has 1 fully saturated rings. The zero-order valence-electron chi connectivity index (χ0n) is 11.4. The molecule has 0 atom stereocenters. The van der Waals surface area contributed by atoms with Gasteiger partial charge in [-0.25, -0.2) is 9.97 Å². The molecule has 0 radical (unpaired) electrons. The molecule has 0 N–H and O–H groups in total. The second kappa shape index (κ2) is 5.14. The Morgan fingerprint density at radius 2 is 1.95 bits per heavy atom. The highest BCUT2D eigenvalue weighted by Gasteiger charge is 2.19. The molecule has 0 unspecified atom stereocenters. The number of rotatable bonds is 2. The average molecular weight is 282 g/mol. The molecule has 3 aromatic rings. The first-order valence-electron chi connectivity index (χ1n) is 6.91. The molecule has 0 aliphatic carbocycles. The number of ether oxygens (including phenoxy) is 1. The van der Waals surface area contributed by atoms with Gasteiger partial charge in [-0.15, -0.1) is 0 Å². The van der Waals surface area contributed by atoms with Crippen LogP contribution in [0.3, 0.4) is 0 Å². The molecule has 0 bridgehead atoms. The van der Waals surface area contributed by atoms with Crippen molar-refractivity contribution in [1.29, 1.82) is 0 Å². The molecule has 0 saturated carbocycles. The molecule has 106 valence electrons. The molecule has 0 spiro atoms. The zero-order valence-corrected chi connectivity index (χ0v) is 11.4. The first-order chi connectivity index (χ1) is 10.4. The Hall–Kier alpha value is -2.47. The molecular weight excluding hydrogens is 268 g/mol. The molecule has 4 heterocycles. The van der Waals surface area contributed by atoms with Gasteiger partial charge in [0.05, 0.1) is 25.0 Å². The van der Waals surface area contributed by atoms with Crippen LogP contribution in [0, 0.1) is 0 Å². The third-order valence-corrected chi connectivity index (χ3v) is 3.49. The van der Waals surface area contributed by atoms with E-state index in [1.807, 2.05) is 24.3 Å². The monoisotopic (exact) mass is 282 g/mol. The van der Waals surface area contributed by atoms with E-state index in [-0.39, 0.29) is 0 Å². The van der Waals surface area contributed by atoms with Crippen molar-refractivity contribution in [2.75, 3.05) is 31.2 Å². The quantitative estimate of drug-likeness (QED) is 0.717. The topological polar surface area (TPSA) is 64.3 Å². The summed E-state index contributed by atoms with van der Waals surface area (Å²) >= 11 is 0. The van der Waals surface area contributed by atoms with Crippen LogP contribution in [0.4, 0.5) is 5.82 Å². The molecule has 6 heteroatoms. The lowest BCUT2D eigenvalue weighted by Gasteiger charge is -2.28. The highest BCUT2D eigenvalue weighted by molar-refractivity contribution is 5.87. The van der Waals surface area contributed by atoms with Gasteiger partial charge in [-0.2, -0.15) is 0 Å². The fourth-order valence-corrected chi connectivity index (χ4v) is 2.46. The molecule has 1 saturated heterocycles. The van der Waals surface area contributed by atoms with Crippen LogP contribution in [0.25, 0.3) is 22.6 Å². The second-order valence-electron chi connectivity index (χ2n) is 4.82. The highest BCUT2D eigenvalue weighted by Crippen LogP contribution is 2.26.